The van der Waals surface area contributed by atoms with Crippen LogP contribution in [0.25, 0.3) is 11.5 Å². The molecule has 2 heterocycles. The Morgan fingerprint density at radius 1 is 1.06 bits per heavy atom. The Morgan fingerprint density at radius 3 is 2.53 bits per heavy atom. The molecule has 2 aromatic carbocycles. The van der Waals surface area contributed by atoms with E-state index in [1.807, 2.05) is 18.2 Å². The van der Waals surface area contributed by atoms with E-state index in [0.717, 1.165) is 18.4 Å². The zero-order valence-electron chi connectivity index (χ0n) is 17.1. The number of carbonyl (C=O) groups is 2. The molecule has 0 radical (unpaired) electrons. The number of halogens is 1. The van der Waals surface area contributed by atoms with Gasteiger partial charge in [0.1, 0.15) is 5.71 Å². The average molecular weight is 450 g/mol. The predicted octanol–water partition coefficient (Wildman–Crippen LogP) is 4.06. The zero-order valence-corrected chi connectivity index (χ0v) is 17.9. The first-order valence-electron chi connectivity index (χ1n) is 10.4. The number of amides is 2. The largest absolute Gasteiger partial charge is 0.419 e. The standard InChI is InChI=1S/C23H20ClN5O3/c24-16-8-6-15(7-9-16)22-26-25-20(32-22)14-28(17-10-11-17)23(31)19-12-13-21(30)29(27-19)18-4-2-1-3-5-18/h1-9,17H,10-14H2. The predicted molar refractivity (Wildman–Crippen MR) is 119 cm³/mol. The Balaban J connectivity index is 1.36. The fourth-order valence-electron chi connectivity index (χ4n) is 3.57. The number of benzene rings is 2. The molecule has 2 aliphatic rings. The van der Waals surface area contributed by atoms with E-state index in [4.69, 9.17) is 16.0 Å². The normalized spacial score (nSPS) is 16.1. The number of aromatic nitrogens is 2. The van der Waals surface area contributed by atoms with Crippen molar-refractivity contribution in [3.63, 3.8) is 0 Å². The van der Waals surface area contributed by atoms with Crippen LogP contribution in [0, 0.1) is 0 Å². The summed E-state index contributed by atoms with van der Waals surface area (Å²) in [6, 6.07) is 16.3. The minimum absolute atomic E-state index is 0.110. The van der Waals surface area contributed by atoms with Crippen LogP contribution in [0.3, 0.4) is 0 Å². The Morgan fingerprint density at radius 2 is 1.81 bits per heavy atom. The molecule has 162 valence electrons. The molecule has 1 aliphatic carbocycles. The molecule has 3 aromatic rings. The number of carbonyl (C=O) groups excluding carboxylic acids is 2. The number of hydrogen-bond donors (Lipinski definition) is 0. The lowest BCUT2D eigenvalue weighted by Gasteiger charge is -2.26. The number of hydrazone groups is 1. The summed E-state index contributed by atoms with van der Waals surface area (Å²) in [6.07, 6.45) is 2.38. The lowest BCUT2D eigenvalue weighted by atomic mass is 10.1. The second kappa shape index (κ2) is 8.55. The van der Waals surface area contributed by atoms with Crippen molar-refractivity contribution in [3.8, 4) is 11.5 Å². The third kappa shape index (κ3) is 4.27. The van der Waals surface area contributed by atoms with Crippen molar-refractivity contribution >= 4 is 34.8 Å². The van der Waals surface area contributed by atoms with Crippen molar-refractivity contribution in [2.24, 2.45) is 5.10 Å². The average Bonchev–Trinajstić information content (AvgIpc) is 3.56. The van der Waals surface area contributed by atoms with Crippen LogP contribution in [-0.4, -0.2) is 38.7 Å². The molecule has 2 amide bonds. The van der Waals surface area contributed by atoms with E-state index in [1.54, 1.807) is 41.3 Å². The Labute approximate surface area is 189 Å². The number of anilines is 1. The van der Waals surface area contributed by atoms with Gasteiger partial charge in [-0.2, -0.15) is 5.10 Å². The summed E-state index contributed by atoms with van der Waals surface area (Å²) in [6.45, 7) is 0.197. The third-order valence-corrected chi connectivity index (χ3v) is 5.64. The summed E-state index contributed by atoms with van der Waals surface area (Å²) in [5.41, 5.74) is 1.76. The molecule has 1 fully saturated rings. The number of nitrogens with zero attached hydrogens (tertiary/aromatic N) is 5. The van der Waals surface area contributed by atoms with Gasteiger partial charge in [-0.15, -0.1) is 10.2 Å². The SMILES string of the molecule is O=C1CCC(C(=O)N(Cc2nnc(-c3ccc(Cl)cc3)o2)C2CC2)=NN1c1ccccc1. The first-order chi connectivity index (χ1) is 15.6. The van der Waals surface area contributed by atoms with Crippen LogP contribution < -0.4 is 5.01 Å². The zero-order chi connectivity index (χ0) is 22.1. The highest BCUT2D eigenvalue weighted by molar-refractivity contribution is 6.40. The molecular weight excluding hydrogens is 430 g/mol. The Bertz CT molecular complexity index is 1170. The van der Waals surface area contributed by atoms with E-state index >= 15 is 0 Å². The lowest BCUT2D eigenvalue weighted by molar-refractivity contribution is -0.125. The van der Waals surface area contributed by atoms with Gasteiger partial charge in [0.05, 0.1) is 12.2 Å². The molecule has 8 nitrogen and oxygen atoms in total. The summed E-state index contributed by atoms with van der Waals surface area (Å²) in [4.78, 5) is 27.4. The van der Waals surface area contributed by atoms with Gasteiger partial charge in [0, 0.05) is 29.5 Å². The van der Waals surface area contributed by atoms with Crippen molar-refractivity contribution in [1.82, 2.24) is 15.1 Å². The van der Waals surface area contributed by atoms with Crippen LogP contribution in [0.15, 0.2) is 64.1 Å². The second-order valence-electron chi connectivity index (χ2n) is 7.76. The van der Waals surface area contributed by atoms with E-state index in [0.29, 0.717) is 34.6 Å². The minimum atomic E-state index is -0.202. The highest BCUT2D eigenvalue weighted by Crippen LogP contribution is 2.30. The summed E-state index contributed by atoms with van der Waals surface area (Å²) in [5.74, 6) is 0.390. The molecule has 0 spiro atoms. The van der Waals surface area contributed by atoms with E-state index in [-0.39, 0.29) is 30.8 Å². The summed E-state index contributed by atoms with van der Waals surface area (Å²) in [7, 11) is 0. The number of hydrogen-bond acceptors (Lipinski definition) is 6. The van der Waals surface area contributed by atoms with Crippen LogP contribution in [0.4, 0.5) is 5.69 Å². The van der Waals surface area contributed by atoms with Gasteiger partial charge in [-0.05, 0) is 49.2 Å². The molecule has 32 heavy (non-hydrogen) atoms. The van der Waals surface area contributed by atoms with E-state index < -0.39 is 0 Å². The molecule has 9 heteroatoms. The Hall–Kier alpha value is -3.52. The summed E-state index contributed by atoms with van der Waals surface area (Å²) >= 11 is 5.94. The highest BCUT2D eigenvalue weighted by Gasteiger charge is 2.37. The molecular formula is C23H20ClN5O3. The summed E-state index contributed by atoms with van der Waals surface area (Å²) in [5, 5.41) is 14.6. The molecule has 0 unspecified atom stereocenters. The van der Waals surface area contributed by atoms with Gasteiger partial charge in [0.25, 0.3) is 5.91 Å². The second-order valence-corrected chi connectivity index (χ2v) is 8.20. The van der Waals surface area contributed by atoms with E-state index in [2.05, 4.69) is 15.3 Å². The van der Waals surface area contributed by atoms with Crippen molar-refractivity contribution in [2.75, 3.05) is 5.01 Å². The van der Waals surface area contributed by atoms with Gasteiger partial charge in [0.15, 0.2) is 0 Å². The smallest absolute Gasteiger partial charge is 0.270 e. The van der Waals surface area contributed by atoms with Gasteiger partial charge in [-0.3, -0.25) is 9.59 Å². The molecule has 0 atom stereocenters. The monoisotopic (exact) mass is 449 g/mol. The molecule has 1 saturated carbocycles. The molecule has 5 rings (SSSR count). The third-order valence-electron chi connectivity index (χ3n) is 5.39. The fraction of sp³-hybridized carbons (Fsp3) is 0.261. The minimum Gasteiger partial charge on any atom is -0.419 e. The molecule has 1 aliphatic heterocycles. The van der Waals surface area contributed by atoms with Crippen LogP contribution in [-0.2, 0) is 16.1 Å². The lowest BCUT2D eigenvalue weighted by Crippen LogP contribution is -2.42. The molecule has 0 N–H and O–H groups in total. The van der Waals surface area contributed by atoms with Crippen molar-refractivity contribution < 1.29 is 14.0 Å². The van der Waals surface area contributed by atoms with Gasteiger partial charge >= 0.3 is 0 Å². The van der Waals surface area contributed by atoms with Crippen LogP contribution in [0.2, 0.25) is 5.02 Å². The van der Waals surface area contributed by atoms with Crippen LogP contribution in [0.5, 0.6) is 0 Å². The quantitative estimate of drug-likeness (QED) is 0.565. The topological polar surface area (TPSA) is 91.9 Å². The first kappa shape index (κ1) is 20.4. The van der Waals surface area contributed by atoms with Crippen LogP contribution in [0.1, 0.15) is 31.6 Å². The number of rotatable bonds is 6. The first-order valence-corrected chi connectivity index (χ1v) is 10.8. The molecule has 0 bridgehead atoms. The molecule has 1 aromatic heterocycles. The Kier molecular flexibility index (Phi) is 5.45. The van der Waals surface area contributed by atoms with Crippen LogP contribution >= 0.6 is 11.6 Å². The van der Waals surface area contributed by atoms with Crippen molar-refractivity contribution in [1.29, 1.82) is 0 Å². The fourth-order valence-corrected chi connectivity index (χ4v) is 3.70. The van der Waals surface area contributed by atoms with Gasteiger partial charge in [-0.25, -0.2) is 5.01 Å². The van der Waals surface area contributed by atoms with Crippen molar-refractivity contribution in [2.45, 2.75) is 38.3 Å². The maximum Gasteiger partial charge on any atom is 0.270 e. The van der Waals surface area contributed by atoms with E-state index in [1.165, 1.54) is 5.01 Å². The maximum atomic E-state index is 13.3. The van der Waals surface area contributed by atoms with Gasteiger partial charge in [0.2, 0.25) is 17.7 Å². The van der Waals surface area contributed by atoms with E-state index in [9.17, 15) is 9.59 Å². The van der Waals surface area contributed by atoms with Crippen molar-refractivity contribution in [3.05, 3.63) is 65.5 Å². The summed E-state index contributed by atoms with van der Waals surface area (Å²) < 4.78 is 5.80. The number of para-hydroxylation sites is 1. The van der Waals surface area contributed by atoms with Gasteiger partial charge < -0.3 is 9.32 Å². The maximum absolute atomic E-state index is 13.3. The highest BCUT2D eigenvalue weighted by atomic mass is 35.5. The van der Waals surface area contributed by atoms with Gasteiger partial charge in [-0.1, -0.05) is 29.8 Å². The molecule has 0 saturated heterocycles.